The van der Waals surface area contributed by atoms with Crippen LogP contribution < -0.4 is 15.3 Å². The van der Waals surface area contributed by atoms with Gasteiger partial charge in [-0.05, 0) is 17.2 Å². The molecule has 15 nitrogen and oxygen atoms in total. The zero-order chi connectivity index (χ0) is 33.0. The second-order valence-electron chi connectivity index (χ2n) is 10.4. The SMILES string of the molecule is O=C([O-])c1ccccc1C(O)[C@H]1O[C@@H](n2cnc3c([O-])ncnc32)[C@@](O)(c2ccccc2C(=O)O)[C@@]1(O)c1ccccc1C(=O)[O-]. The number of hydrogen-bond donors (Lipinski definition) is 4. The third kappa shape index (κ3) is 4.29. The zero-order valence-corrected chi connectivity index (χ0v) is 23.3. The number of aliphatic hydroxyl groups excluding tert-OH is 1. The summed E-state index contributed by atoms with van der Waals surface area (Å²) >= 11 is 0. The van der Waals surface area contributed by atoms with E-state index in [4.69, 9.17) is 4.74 Å². The number of carbonyl (C=O) groups is 3. The molecule has 0 saturated carbocycles. The van der Waals surface area contributed by atoms with E-state index in [1.165, 1.54) is 42.5 Å². The van der Waals surface area contributed by atoms with E-state index in [0.29, 0.717) is 0 Å². The smallest absolute Gasteiger partial charge is 0.336 e. The minimum atomic E-state index is -3.12. The fraction of sp³-hybridized carbons (Fsp3) is 0.161. The summed E-state index contributed by atoms with van der Waals surface area (Å²) in [7, 11) is 0. The van der Waals surface area contributed by atoms with E-state index < -0.39 is 81.2 Å². The van der Waals surface area contributed by atoms with Gasteiger partial charge in [-0.1, -0.05) is 66.7 Å². The number of aromatic nitrogens is 4. The van der Waals surface area contributed by atoms with Gasteiger partial charge in [-0.25, -0.2) is 14.8 Å². The van der Waals surface area contributed by atoms with Gasteiger partial charge >= 0.3 is 5.97 Å². The molecule has 1 unspecified atom stereocenters. The molecule has 2 aromatic heterocycles. The van der Waals surface area contributed by atoms with Gasteiger partial charge in [0, 0.05) is 22.6 Å². The Morgan fingerprint density at radius 2 is 1.37 bits per heavy atom. The highest BCUT2D eigenvalue weighted by atomic mass is 16.6. The topological polar surface area (TPSA) is 254 Å². The van der Waals surface area contributed by atoms with Crippen LogP contribution in [0.3, 0.4) is 0 Å². The first-order chi connectivity index (χ1) is 21.9. The number of carboxylic acid groups (broad SMARTS) is 3. The van der Waals surface area contributed by atoms with Crippen molar-refractivity contribution >= 4 is 29.1 Å². The summed E-state index contributed by atoms with van der Waals surface area (Å²) in [4.78, 5) is 48.5. The first kappa shape index (κ1) is 30.3. The van der Waals surface area contributed by atoms with Crippen molar-refractivity contribution < 1.29 is 54.9 Å². The van der Waals surface area contributed by atoms with Crippen LogP contribution in [0.15, 0.2) is 85.5 Å². The molecule has 1 aliphatic rings. The van der Waals surface area contributed by atoms with Gasteiger partial charge in [-0.15, -0.1) is 0 Å². The molecule has 0 radical (unpaired) electrons. The Hall–Kier alpha value is -5.74. The molecule has 3 aromatic carbocycles. The first-order valence-electron chi connectivity index (χ1n) is 13.5. The maximum atomic E-state index is 13.0. The van der Waals surface area contributed by atoms with Crippen LogP contribution in [0.2, 0.25) is 0 Å². The Kier molecular flexibility index (Phi) is 7.25. The quantitative estimate of drug-likeness (QED) is 0.157. The van der Waals surface area contributed by atoms with Crippen molar-refractivity contribution in [2.24, 2.45) is 0 Å². The van der Waals surface area contributed by atoms with Gasteiger partial charge in [0.25, 0.3) is 0 Å². The van der Waals surface area contributed by atoms with Crippen molar-refractivity contribution in [3.8, 4) is 5.88 Å². The Morgan fingerprint density at radius 1 is 0.804 bits per heavy atom. The van der Waals surface area contributed by atoms with Crippen LogP contribution in [0.25, 0.3) is 11.2 Å². The molecule has 5 aromatic rings. The van der Waals surface area contributed by atoms with E-state index in [9.17, 15) is 50.1 Å². The zero-order valence-electron chi connectivity index (χ0n) is 23.3. The second kappa shape index (κ2) is 11.0. The average molecular weight is 626 g/mol. The fourth-order valence-electron chi connectivity index (χ4n) is 6.11. The number of imidazole rings is 1. The minimum absolute atomic E-state index is 0.239. The number of fused-ring (bicyclic) bond motifs is 1. The predicted octanol–water partition coefficient (Wildman–Crippen LogP) is -1.27. The van der Waals surface area contributed by atoms with E-state index in [-0.39, 0.29) is 16.7 Å². The van der Waals surface area contributed by atoms with Crippen molar-refractivity contribution in [1.82, 2.24) is 19.5 Å². The predicted molar refractivity (Wildman–Crippen MR) is 146 cm³/mol. The fourth-order valence-corrected chi connectivity index (χ4v) is 6.11. The number of benzene rings is 3. The maximum absolute atomic E-state index is 13.0. The number of carbonyl (C=O) groups excluding carboxylic acids is 2. The van der Waals surface area contributed by atoms with E-state index in [0.717, 1.165) is 47.6 Å². The van der Waals surface area contributed by atoms with Crippen LogP contribution in [0, 0.1) is 0 Å². The van der Waals surface area contributed by atoms with Crippen molar-refractivity contribution in [2.75, 3.05) is 0 Å². The number of nitrogens with zero attached hydrogens (tertiary/aromatic N) is 4. The molecule has 6 rings (SSSR count). The summed E-state index contributed by atoms with van der Waals surface area (Å²) in [6.45, 7) is 0. The molecule has 15 heteroatoms. The molecule has 1 fully saturated rings. The van der Waals surface area contributed by atoms with Gasteiger partial charge in [-0.3, -0.25) is 9.55 Å². The summed E-state index contributed by atoms with van der Waals surface area (Å²) in [5, 5.41) is 84.9. The maximum Gasteiger partial charge on any atom is 0.336 e. The van der Waals surface area contributed by atoms with Crippen molar-refractivity contribution in [3.63, 3.8) is 0 Å². The Bertz CT molecular complexity index is 2030. The van der Waals surface area contributed by atoms with Crippen LogP contribution >= 0.6 is 0 Å². The molecule has 3 heterocycles. The summed E-state index contributed by atoms with van der Waals surface area (Å²) in [5.74, 6) is -5.92. The highest BCUT2D eigenvalue weighted by Crippen LogP contribution is 2.60. The largest absolute Gasteiger partial charge is 0.857 e. The highest BCUT2D eigenvalue weighted by Gasteiger charge is 2.71. The normalized spacial score (nSPS) is 23.3. The van der Waals surface area contributed by atoms with Gasteiger partial charge in [0.15, 0.2) is 23.1 Å². The summed E-state index contributed by atoms with van der Waals surface area (Å²) in [6.07, 6.45) is -4.43. The molecule has 0 aliphatic carbocycles. The van der Waals surface area contributed by atoms with Crippen LogP contribution in [0.5, 0.6) is 5.88 Å². The van der Waals surface area contributed by atoms with E-state index in [1.54, 1.807) is 0 Å². The molecule has 46 heavy (non-hydrogen) atoms. The monoisotopic (exact) mass is 625 g/mol. The van der Waals surface area contributed by atoms with Crippen molar-refractivity contribution in [3.05, 3.63) is 119 Å². The number of ether oxygens (including phenoxy) is 1. The standard InChI is InChI=1S/C31H24N4O11/c36-22(15-7-1-2-8-16(15)26(38)39)23-30(44,19-11-5-3-9-17(19)27(40)41)31(45,20-12-6-4-10-18(20)28(42)43)29(46-23)35-14-34-21-24(35)32-13-33-25(21)37/h1-14,22-23,29,36,44-45H,(H,38,39)(H,40,41)(H,42,43)(H,32,33,37)/p-3/t22?,23-,29-,30-,31+/m1/s1. The van der Waals surface area contributed by atoms with Gasteiger partial charge < -0.3 is 50.1 Å². The molecule has 5 atom stereocenters. The van der Waals surface area contributed by atoms with Crippen molar-refractivity contribution in [1.29, 1.82) is 0 Å². The Balaban J connectivity index is 1.75. The number of aromatic carboxylic acids is 3. The van der Waals surface area contributed by atoms with Crippen LogP contribution in [-0.2, 0) is 15.9 Å². The molecule has 0 amide bonds. The number of aliphatic hydroxyl groups is 3. The van der Waals surface area contributed by atoms with E-state index >= 15 is 0 Å². The minimum Gasteiger partial charge on any atom is -0.857 e. The lowest BCUT2D eigenvalue weighted by molar-refractivity contribution is -0.272. The van der Waals surface area contributed by atoms with Crippen LogP contribution in [0.4, 0.5) is 0 Å². The molecule has 4 N–H and O–H groups in total. The molecular formula is C31H21N4O11-3. The number of hydrogen-bond acceptors (Lipinski definition) is 13. The summed E-state index contributed by atoms with van der Waals surface area (Å²) in [5.41, 5.74) is -9.93. The van der Waals surface area contributed by atoms with E-state index in [2.05, 4.69) is 15.0 Å². The van der Waals surface area contributed by atoms with Crippen LogP contribution in [-0.4, -0.2) is 64.0 Å². The van der Waals surface area contributed by atoms with Gasteiger partial charge in [0.05, 0.1) is 23.8 Å². The molecule has 1 aliphatic heterocycles. The van der Waals surface area contributed by atoms with Gasteiger partial charge in [0.1, 0.15) is 24.1 Å². The van der Waals surface area contributed by atoms with Gasteiger partial charge in [0.2, 0.25) is 0 Å². The molecule has 234 valence electrons. The molecule has 0 spiro atoms. The summed E-state index contributed by atoms with van der Waals surface area (Å²) < 4.78 is 7.19. The van der Waals surface area contributed by atoms with Gasteiger partial charge in [-0.2, -0.15) is 0 Å². The summed E-state index contributed by atoms with van der Waals surface area (Å²) in [6, 6.07) is 14.7. The lowest BCUT2D eigenvalue weighted by atomic mass is 9.67. The van der Waals surface area contributed by atoms with Crippen LogP contribution in [0.1, 0.15) is 60.1 Å². The molecule has 0 bridgehead atoms. The van der Waals surface area contributed by atoms with E-state index in [1.807, 2.05) is 0 Å². The third-order valence-electron chi connectivity index (χ3n) is 8.12. The molecule has 1 saturated heterocycles. The first-order valence-corrected chi connectivity index (χ1v) is 13.5. The highest BCUT2D eigenvalue weighted by molar-refractivity contribution is 5.91. The lowest BCUT2D eigenvalue weighted by Gasteiger charge is -2.44. The van der Waals surface area contributed by atoms with Crippen molar-refractivity contribution in [2.45, 2.75) is 29.6 Å². The second-order valence-corrected chi connectivity index (χ2v) is 10.4. The Morgan fingerprint density at radius 3 is 2.00 bits per heavy atom. The third-order valence-corrected chi connectivity index (χ3v) is 8.12. The average Bonchev–Trinajstić information content (AvgIpc) is 3.58. The number of carboxylic acids is 3. The Labute approximate surface area is 257 Å². The number of rotatable bonds is 8. The lowest BCUT2D eigenvalue weighted by Crippen LogP contribution is -2.56. The molecular weight excluding hydrogens is 604 g/mol.